The number of nitrogens with one attached hydrogen (secondary N) is 1. The fraction of sp³-hybridized carbons (Fsp3) is 0.368. The number of rotatable bonds is 3. The molecule has 1 unspecified atom stereocenters. The first-order valence-electron chi connectivity index (χ1n) is 7.78. The van der Waals surface area contributed by atoms with Crippen LogP contribution in [0.25, 0.3) is 0 Å². The lowest BCUT2D eigenvalue weighted by Gasteiger charge is -2.30. The Morgan fingerprint density at radius 1 is 1.19 bits per heavy atom. The molecule has 2 heteroatoms. The van der Waals surface area contributed by atoms with Gasteiger partial charge in [-0.3, -0.25) is 0 Å². The van der Waals surface area contributed by atoms with Gasteiger partial charge >= 0.3 is 0 Å². The van der Waals surface area contributed by atoms with Crippen molar-refractivity contribution in [3.63, 3.8) is 0 Å². The predicted octanol–water partition coefficient (Wildman–Crippen LogP) is 4.43. The van der Waals surface area contributed by atoms with Crippen LogP contribution in [0.4, 0.5) is 0 Å². The molecule has 0 saturated heterocycles. The Hall–Kier alpha value is -1.80. The maximum atomic E-state index is 9.77. The van der Waals surface area contributed by atoms with E-state index in [1.54, 1.807) is 6.07 Å². The monoisotopic (exact) mass is 281 g/mol. The molecule has 110 valence electrons. The zero-order chi connectivity index (χ0) is 14.8. The summed E-state index contributed by atoms with van der Waals surface area (Å²) in [6, 6.07) is 15.0. The van der Waals surface area contributed by atoms with Gasteiger partial charge in [-0.1, -0.05) is 30.3 Å². The van der Waals surface area contributed by atoms with Gasteiger partial charge in [0.05, 0.1) is 0 Å². The number of aryl methyl sites for hydroxylation is 2. The summed E-state index contributed by atoms with van der Waals surface area (Å²) in [7, 11) is 0. The predicted molar refractivity (Wildman–Crippen MR) is 86.5 cm³/mol. The second-order valence-electron chi connectivity index (χ2n) is 6.07. The second-order valence-corrected chi connectivity index (χ2v) is 6.07. The molecule has 2 aromatic rings. The Morgan fingerprint density at radius 3 is 2.81 bits per heavy atom. The van der Waals surface area contributed by atoms with Crippen LogP contribution in [0.2, 0.25) is 0 Å². The van der Waals surface area contributed by atoms with Crippen molar-refractivity contribution >= 4 is 0 Å². The molecule has 2 nitrogen and oxygen atoms in total. The third-order valence-corrected chi connectivity index (χ3v) is 4.55. The van der Waals surface area contributed by atoms with Gasteiger partial charge in [-0.25, -0.2) is 0 Å². The van der Waals surface area contributed by atoms with Gasteiger partial charge in [-0.05, 0) is 67.5 Å². The summed E-state index contributed by atoms with van der Waals surface area (Å²) in [5.41, 5.74) is 5.31. The minimum Gasteiger partial charge on any atom is -0.508 e. The molecule has 0 radical (unpaired) electrons. The molecule has 2 N–H and O–H groups in total. The maximum absolute atomic E-state index is 9.77. The minimum absolute atomic E-state index is 0.310. The van der Waals surface area contributed by atoms with Gasteiger partial charge in [0.2, 0.25) is 0 Å². The number of phenols is 1. The number of phenolic OH excluding ortho intramolecular Hbond substituents is 1. The largest absolute Gasteiger partial charge is 0.508 e. The van der Waals surface area contributed by atoms with Crippen molar-refractivity contribution in [3.8, 4) is 5.75 Å². The topological polar surface area (TPSA) is 32.3 Å². The van der Waals surface area contributed by atoms with Crippen molar-refractivity contribution in [2.75, 3.05) is 0 Å². The molecule has 0 amide bonds. The van der Waals surface area contributed by atoms with Crippen molar-refractivity contribution in [1.82, 2.24) is 5.32 Å². The summed E-state index contributed by atoms with van der Waals surface area (Å²) >= 11 is 0. The van der Waals surface area contributed by atoms with Crippen LogP contribution in [0.3, 0.4) is 0 Å². The van der Waals surface area contributed by atoms with Gasteiger partial charge in [-0.15, -0.1) is 0 Å². The highest BCUT2D eigenvalue weighted by Gasteiger charge is 2.22. The number of benzene rings is 2. The number of fused-ring (bicyclic) bond motifs is 1. The molecular formula is C19H23NO. The highest BCUT2D eigenvalue weighted by molar-refractivity contribution is 5.39. The van der Waals surface area contributed by atoms with Crippen LogP contribution in [0.15, 0.2) is 42.5 Å². The van der Waals surface area contributed by atoms with Gasteiger partial charge in [0, 0.05) is 12.1 Å². The first-order chi connectivity index (χ1) is 10.1. The van der Waals surface area contributed by atoms with Crippen LogP contribution in [0, 0.1) is 6.92 Å². The van der Waals surface area contributed by atoms with Crippen LogP contribution in [0.5, 0.6) is 5.75 Å². The third-order valence-electron chi connectivity index (χ3n) is 4.55. The van der Waals surface area contributed by atoms with Crippen molar-refractivity contribution in [3.05, 3.63) is 64.7 Å². The Labute approximate surface area is 126 Å². The summed E-state index contributed by atoms with van der Waals surface area (Å²) in [5.74, 6) is 0.367. The molecule has 0 spiro atoms. The molecular weight excluding hydrogens is 258 g/mol. The summed E-state index contributed by atoms with van der Waals surface area (Å²) in [5, 5.41) is 13.5. The van der Waals surface area contributed by atoms with Gasteiger partial charge in [0.1, 0.15) is 5.75 Å². The van der Waals surface area contributed by atoms with Crippen LogP contribution in [-0.4, -0.2) is 5.11 Å². The maximum Gasteiger partial charge on any atom is 0.115 e. The van der Waals surface area contributed by atoms with Gasteiger partial charge in [0.15, 0.2) is 0 Å². The third kappa shape index (κ3) is 2.96. The molecule has 21 heavy (non-hydrogen) atoms. The van der Waals surface area contributed by atoms with E-state index in [1.165, 1.54) is 28.7 Å². The van der Waals surface area contributed by atoms with E-state index in [2.05, 4.69) is 49.5 Å². The molecule has 3 rings (SSSR count). The van der Waals surface area contributed by atoms with Gasteiger partial charge in [0.25, 0.3) is 0 Å². The summed E-state index contributed by atoms with van der Waals surface area (Å²) in [4.78, 5) is 0. The van der Waals surface area contributed by atoms with E-state index >= 15 is 0 Å². The molecule has 0 aliphatic heterocycles. The molecule has 0 bridgehead atoms. The number of hydrogen-bond acceptors (Lipinski definition) is 2. The van der Waals surface area contributed by atoms with Crippen molar-refractivity contribution in [1.29, 1.82) is 0 Å². The number of hydrogen-bond donors (Lipinski definition) is 2. The van der Waals surface area contributed by atoms with Crippen molar-refractivity contribution in [2.45, 2.75) is 45.2 Å². The average molecular weight is 281 g/mol. The molecule has 0 aromatic heterocycles. The second kappa shape index (κ2) is 5.90. The Morgan fingerprint density at radius 2 is 2.00 bits per heavy atom. The van der Waals surface area contributed by atoms with E-state index in [4.69, 9.17) is 0 Å². The standard InChI is InChI=1S/C19H23NO/c1-13-6-3-4-8-17(13)14(2)20-19-9-5-7-15-10-11-16(21)12-18(15)19/h3-4,6,8,10-12,14,19-21H,5,7,9H2,1-2H3/t14-,19?/m0/s1. The van der Waals surface area contributed by atoms with Crippen LogP contribution >= 0.6 is 0 Å². The SMILES string of the molecule is Cc1ccccc1[C@H](C)NC1CCCc2ccc(O)cc21. The van der Waals surface area contributed by atoms with Crippen molar-refractivity contribution in [2.24, 2.45) is 0 Å². The first kappa shape index (κ1) is 14.2. The fourth-order valence-electron chi connectivity index (χ4n) is 3.42. The molecule has 2 atom stereocenters. The Kier molecular flexibility index (Phi) is 3.98. The minimum atomic E-state index is 0.310. The summed E-state index contributed by atoms with van der Waals surface area (Å²) in [6.07, 6.45) is 3.45. The van der Waals surface area contributed by atoms with Crippen LogP contribution < -0.4 is 5.32 Å². The smallest absolute Gasteiger partial charge is 0.115 e. The van der Waals surface area contributed by atoms with Crippen LogP contribution in [0.1, 0.15) is 54.1 Å². The molecule has 0 heterocycles. The first-order valence-corrected chi connectivity index (χ1v) is 7.78. The normalized spacial score (nSPS) is 19.0. The lowest BCUT2D eigenvalue weighted by Crippen LogP contribution is -2.28. The highest BCUT2D eigenvalue weighted by Crippen LogP contribution is 2.34. The Bertz CT molecular complexity index is 635. The Balaban J connectivity index is 1.83. The van der Waals surface area contributed by atoms with E-state index in [0.717, 1.165) is 12.8 Å². The molecule has 0 fully saturated rings. The van der Waals surface area contributed by atoms with E-state index in [-0.39, 0.29) is 0 Å². The number of aromatic hydroxyl groups is 1. The molecule has 0 saturated carbocycles. The summed E-state index contributed by atoms with van der Waals surface area (Å²) < 4.78 is 0. The zero-order valence-electron chi connectivity index (χ0n) is 12.8. The fourth-order valence-corrected chi connectivity index (χ4v) is 3.42. The van der Waals surface area contributed by atoms with Crippen LogP contribution in [-0.2, 0) is 6.42 Å². The van der Waals surface area contributed by atoms with E-state index < -0.39 is 0 Å². The molecule has 1 aliphatic carbocycles. The molecule has 1 aliphatic rings. The summed E-state index contributed by atoms with van der Waals surface area (Å²) in [6.45, 7) is 4.38. The van der Waals surface area contributed by atoms with E-state index in [9.17, 15) is 5.11 Å². The van der Waals surface area contributed by atoms with Gasteiger partial charge < -0.3 is 10.4 Å². The van der Waals surface area contributed by atoms with Gasteiger partial charge in [-0.2, -0.15) is 0 Å². The van der Waals surface area contributed by atoms with Crippen molar-refractivity contribution < 1.29 is 5.11 Å². The quantitative estimate of drug-likeness (QED) is 0.872. The zero-order valence-corrected chi connectivity index (χ0v) is 12.8. The highest BCUT2D eigenvalue weighted by atomic mass is 16.3. The molecule has 2 aromatic carbocycles. The lowest BCUT2D eigenvalue weighted by atomic mass is 9.86. The average Bonchev–Trinajstić information content (AvgIpc) is 2.48. The lowest BCUT2D eigenvalue weighted by molar-refractivity contribution is 0.410. The van der Waals surface area contributed by atoms with E-state index in [0.29, 0.717) is 17.8 Å². The van der Waals surface area contributed by atoms with E-state index in [1.807, 2.05) is 6.07 Å².